The molecule has 0 saturated carbocycles. The Morgan fingerprint density at radius 2 is 2.22 bits per heavy atom. The molecule has 0 amide bonds. The molecule has 0 fully saturated rings. The number of anilines is 1. The monoisotopic (exact) mass is 302 g/mol. The highest BCUT2D eigenvalue weighted by atomic mass is 79.9. The van der Waals surface area contributed by atoms with Crippen molar-refractivity contribution in [1.29, 1.82) is 0 Å². The number of fused-ring (bicyclic) bond motifs is 1. The van der Waals surface area contributed by atoms with Crippen molar-refractivity contribution in [3.05, 3.63) is 46.8 Å². The van der Waals surface area contributed by atoms with Crippen LogP contribution in [-0.2, 0) is 0 Å². The predicted molar refractivity (Wildman–Crippen MR) is 75.3 cm³/mol. The number of nitrogen functional groups attached to an aromatic ring is 1. The fourth-order valence-corrected chi connectivity index (χ4v) is 2.55. The van der Waals surface area contributed by atoms with E-state index in [2.05, 4.69) is 25.9 Å². The summed E-state index contributed by atoms with van der Waals surface area (Å²) in [5, 5.41) is 0. The van der Waals surface area contributed by atoms with E-state index >= 15 is 0 Å². The van der Waals surface area contributed by atoms with Gasteiger partial charge in [-0.3, -0.25) is 9.38 Å². The Morgan fingerprint density at radius 1 is 1.39 bits per heavy atom. The Labute approximate surface area is 113 Å². The van der Waals surface area contributed by atoms with Gasteiger partial charge >= 0.3 is 0 Å². The number of aryl methyl sites for hydroxylation is 1. The van der Waals surface area contributed by atoms with Crippen molar-refractivity contribution in [3.8, 4) is 11.3 Å². The molecule has 4 nitrogen and oxygen atoms in total. The lowest BCUT2D eigenvalue weighted by molar-refractivity contribution is 1.16. The number of aromatic nitrogens is 3. The van der Waals surface area contributed by atoms with Gasteiger partial charge < -0.3 is 5.73 Å². The molecule has 18 heavy (non-hydrogen) atoms. The normalized spacial score (nSPS) is 11.0. The van der Waals surface area contributed by atoms with Crippen LogP contribution < -0.4 is 5.73 Å². The molecule has 90 valence electrons. The molecule has 0 spiro atoms. The Kier molecular flexibility index (Phi) is 2.56. The van der Waals surface area contributed by atoms with Crippen LogP contribution in [0.4, 0.5) is 5.82 Å². The zero-order valence-corrected chi connectivity index (χ0v) is 11.3. The molecule has 3 rings (SSSR count). The number of pyridine rings is 2. The zero-order valence-electron chi connectivity index (χ0n) is 9.76. The van der Waals surface area contributed by atoms with Gasteiger partial charge in [0.1, 0.15) is 17.2 Å². The minimum absolute atomic E-state index is 0.627. The van der Waals surface area contributed by atoms with E-state index in [-0.39, 0.29) is 0 Å². The van der Waals surface area contributed by atoms with Gasteiger partial charge in [-0.1, -0.05) is 0 Å². The zero-order chi connectivity index (χ0) is 12.7. The van der Waals surface area contributed by atoms with E-state index in [1.165, 1.54) is 0 Å². The van der Waals surface area contributed by atoms with Crippen LogP contribution in [0.15, 0.2) is 41.3 Å². The summed E-state index contributed by atoms with van der Waals surface area (Å²) in [6.07, 6.45) is 5.42. The smallest absolute Gasteiger partial charge is 0.142 e. The van der Waals surface area contributed by atoms with Crippen molar-refractivity contribution in [2.75, 3.05) is 5.73 Å². The van der Waals surface area contributed by atoms with Crippen molar-refractivity contribution in [2.45, 2.75) is 6.92 Å². The first-order valence-electron chi connectivity index (χ1n) is 5.51. The van der Waals surface area contributed by atoms with Gasteiger partial charge in [0.15, 0.2) is 0 Å². The van der Waals surface area contributed by atoms with E-state index in [9.17, 15) is 0 Å². The Hall–Kier alpha value is -1.88. The molecular formula is C13H11BrN4. The summed E-state index contributed by atoms with van der Waals surface area (Å²) in [4.78, 5) is 8.70. The third-order valence-corrected chi connectivity index (χ3v) is 3.28. The molecule has 3 heterocycles. The Bertz CT molecular complexity index is 719. The third kappa shape index (κ3) is 1.67. The van der Waals surface area contributed by atoms with Crippen LogP contribution in [0.2, 0.25) is 0 Å². The van der Waals surface area contributed by atoms with Gasteiger partial charge in [-0.25, -0.2) is 4.98 Å². The summed E-state index contributed by atoms with van der Waals surface area (Å²) < 4.78 is 2.87. The predicted octanol–water partition coefficient (Wildman–Crippen LogP) is 3.05. The summed E-state index contributed by atoms with van der Waals surface area (Å²) in [5.74, 6) is 0.627. The van der Waals surface area contributed by atoms with Crippen LogP contribution in [0.3, 0.4) is 0 Å². The topological polar surface area (TPSA) is 56.2 Å². The van der Waals surface area contributed by atoms with E-state index in [1.807, 2.05) is 35.7 Å². The number of halogens is 1. The molecular weight excluding hydrogens is 292 g/mol. The molecule has 0 aliphatic carbocycles. The average Bonchev–Trinajstić information content (AvgIpc) is 2.69. The molecule has 2 N–H and O–H groups in total. The van der Waals surface area contributed by atoms with Crippen LogP contribution in [0, 0.1) is 6.92 Å². The summed E-state index contributed by atoms with van der Waals surface area (Å²) in [6.45, 7) is 2.01. The van der Waals surface area contributed by atoms with Crippen LogP contribution in [0.25, 0.3) is 16.9 Å². The van der Waals surface area contributed by atoms with E-state index in [1.54, 1.807) is 12.4 Å². The maximum Gasteiger partial charge on any atom is 0.142 e. The van der Waals surface area contributed by atoms with E-state index < -0.39 is 0 Å². The highest BCUT2D eigenvalue weighted by Crippen LogP contribution is 2.28. The van der Waals surface area contributed by atoms with Crippen molar-refractivity contribution in [2.24, 2.45) is 0 Å². The number of nitrogens with two attached hydrogens (primary N) is 1. The first-order chi connectivity index (χ1) is 8.66. The second-order valence-corrected chi connectivity index (χ2v) is 5.04. The van der Waals surface area contributed by atoms with Crippen molar-refractivity contribution >= 4 is 27.4 Å². The summed E-state index contributed by atoms with van der Waals surface area (Å²) in [7, 11) is 0. The molecule has 0 atom stereocenters. The molecule has 0 saturated heterocycles. The van der Waals surface area contributed by atoms with Gasteiger partial charge in [-0.15, -0.1) is 0 Å². The number of hydrogen-bond acceptors (Lipinski definition) is 3. The lowest BCUT2D eigenvalue weighted by Crippen LogP contribution is -1.95. The fraction of sp³-hybridized carbons (Fsp3) is 0.0769. The van der Waals surface area contributed by atoms with Gasteiger partial charge in [-0.2, -0.15) is 0 Å². The lowest BCUT2D eigenvalue weighted by Gasteiger charge is -2.00. The highest BCUT2D eigenvalue weighted by molar-refractivity contribution is 9.10. The summed E-state index contributed by atoms with van der Waals surface area (Å²) in [5.41, 5.74) is 9.80. The number of nitrogens with zero attached hydrogens (tertiary/aromatic N) is 3. The largest absolute Gasteiger partial charge is 0.383 e. The maximum absolute atomic E-state index is 6.16. The van der Waals surface area contributed by atoms with Crippen LogP contribution in [0.5, 0.6) is 0 Å². The SMILES string of the molecule is Cc1cc(Br)cn2c(N)c(-c3cccnc3)nc12. The molecule has 0 bridgehead atoms. The first kappa shape index (κ1) is 11.2. The fourth-order valence-electron chi connectivity index (χ4n) is 2.00. The van der Waals surface area contributed by atoms with Crippen LogP contribution in [-0.4, -0.2) is 14.4 Å². The summed E-state index contributed by atoms with van der Waals surface area (Å²) >= 11 is 3.47. The van der Waals surface area contributed by atoms with E-state index in [4.69, 9.17) is 5.73 Å². The van der Waals surface area contributed by atoms with Gasteiger partial charge in [0.2, 0.25) is 0 Å². The van der Waals surface area contributed by atoms with Gasteiger partial charge in [-0.05, 0) is 46.6 Å². The second kappa shape index (κ2) is 4.10. The van der Waals surface area contributed by atoms with Crippen molar-refractivity contribution in [1.82, 2.24) is 14.4 Å². The minimum Gasteiger partial charge on any atom is -0.383 e. The van der Waals surface area contributed by atoms with Crippen molar-refractivity contribution < 1.29 is 0 Å². The first-order valence-corrected chi connectivity index (χ1v) is 6.30. The lowest BCUT2D eigenvalue weighted by atomic mass is 10.2. The van der Waals surface area contributed by atoms with E-state index in [0.717, 1.165) is 26.9 Å². The summed E-state index contributed by atoms with van der Waals surface area (Å²) in [6, 6.07) is 5.85. The highest BCUT2D eigenvalue weighted by Gasteiger charge is 2.13. The Balaban J connectivity index is 2.33. The molecule has 0 aliphatic heterocycles. The number of imidazole rings is 1. The average molecular weight is 303 g/mol. The maximum atomic E-state index is 6.16. The van der Waals surface area contributed by atoms with Gasteiger partial charge in [0.25, 0.3) is 0 Å². The van der Waals surface area contributed by atoms with E-state index in [0.29, 0.717) is 5.82 Å². The molecule has 0 unspecified atom stereocenters. The Morgan fingerprint density at radius 3 is 2.94 bits per heavy atom. The van der Waals surface area contributed by atoms with Crippen LogP contribution >= 0.6 is 15.9 Å². The molecule has 0 aliphatic rings. The standard InChI is InChI=1S/C13H11BrN4/c1-8-5-10(14)7-18-12(15)11(17-13(8)18)9-3-2-4-16-6-9/h2-7H,15H2,1H3. The number of rotatable bonds is 1. The molecule has 5 heteroatoms. The van der Waals surface area contributed by atoms with Gasteiger partial charge in [0, 0.05) is 28.6 Å². The molecule has 0 aromatic carbocycles. The minimum atomic E-state index is 0.627. The van der Waals surface area contributed by atoms with Crippen LogP contribution in [0.1, 0.15) is 5.56 Å². The third-order valence-electron chi connectivity index (χ3n) is 2.84. The second-order valence-electron chi connectivity index (χ2n) is 4.12. The molecule has 3 aromatic heterocycles. The number of hydrogen-bond donors (Lipinski definition) is 1. The molecule has 0 radical (unpaired) electrons. The van der Waals surface area contributed by atoms with Gasteiger partial charge in [0.05, 0.1) is 0 Å². The molecule has 3 aromatic rings. The quantitative estimate of drug-likeness (QED) is 0.751. The van der Waals surface area contributed by atoms with Crippen molar-refractivity contribution in [3.63, 3.8) is 0 Å².